The summed E-state index contributed by atoms with van der Waals surface area (Å²) in [5, 5.41) is 12.0. The van der Waals surface area contributed by atoms with Gasteiger partial charge in [0.25, 0.3) is 0 Å². The molecule has 0 bridgehead atoms. The van der Waals surface area contributed by atoms with E-state index in [-0.39, 0.29) is 11.8 Å². The zero-order chi connectivity index (χ0) is 11.5. The normalized spacial score (nSPS) is 14.1. The number of nitrogens with one attached hydrogen (secondary N) is 1. The molecule has 86 valence electrons. The molecular formula is C8H16N4O2S. The van der Waals surface area contributed by atoms with Gasteiger partial charge in [0.2, 0.25) is 10.0 Å². The zero-order valence-electron chi connectivity index (χ0n) is 8.84. The Balaban J connectivity index is 2.44. The van der Waals surface area contributed by atoms with Crippen LogP contribution in [-0.4, -0.2) is 30.5 Å². The Morgan fingerprint density at radius 3 is 2.80 bits per heavy atom. The Morgan fingerprint density at radius 1 is 1.67 bits per heavy atom. The van der Waals surface area contributed by atoms with Gasteiger partial charge < -0.3 is 5.32 Å². The highest BCUT2D eigenvalue weighted by molar-refractivity contribution is 7.89. The maximum absolute atomic E-state index is 10.7. The quantitative estimate of drug-likeness (QED) is 0.706. The maximum atomic E-state index is 10.7. The predicted octanol–water partition coefficient (Wildman–Crippen LogP) is -0.641. The van der Waals surface area contributed by atoms with E-state index in [1.165, 1.54) is 0 Å². The van der Waals surface area contributed by atoms with E-state index in [1.807, 2.05) is 20.0 Å². The summed E-state index contributed by atoms with van der Waals surface area (Å²) in [5.41, 5.74) is 1.00. The first-order valence-corrected chi connectivity index (χ1v) is 6.33. The van der Waals surface area contributed by atoms with E-state index in [0.717, 1.165) is 5.69 Å². The second-order valence-electron chi connectivity index (χ2n) is 3.42. The fourth-order valence-corrected chi connectivity index (χ4v) is 1.73. The largest absolute Gasteiger partial charge is 0.308 e. The number of sulfonamides is 1. The van der Waals surface area contributed by atoms with Gasteiger partial charge in [0, 0.05) is 25.8 Å². The molecule has 0 aromatic carbocycles. The fourth-order valence-electron chi connectivity index (χ4n) is 1.33. The zero-order valence-corrected chi connectivity index (χ0v) is 9.66. The van der Waals surface area contributed by atoms with Crippen molar-refractivity contribution in [2.75, 3.05) is 12.3 Å². The highest BCUT2D eigenvalue weighted by Gasteiger charge is 2.09. The van der Waals surface area contributed by atoms with Gasteiger partial charge >= 0.3 is 0 Å². The third kappa shape index (κ3) is 3.98. The summed E-state index contributed by atoms with van der Waals surface area (Å²) in [6.07, 6.45) is 1.70. The molecule has 0 spiro atoms. The van der Waals surface area contributed by atoms with Gasteiger partial charge in [0.05, 0.1) is 11.4 Å². The van der Waals surface area contributed by atoms with Crippen molar-refractivity contribution in [1.82, 2.24) is 15.1 Å². The number of hydrogen-bond acceptors (Lipinski definition) is 4. The lowest BCUT2D eigenvalue weighted by Gasteiger charge is -2.13. The molecule has 0 amide bonds. The van der Waals surface area contributed by atoms with Crippen LogP contribution >= 0.6 is 0 Å². The van der Waals surface area contributed by atoms with Crippen LogP contribution in [0, 0.1) is 0 Å². The first-order chi connectivity index (χ1) is 6.90. The molecule has 3 N–H and O–H groups in total. The van der Waals surface area contributed by atoms with Crippen molar-refractivity contribution in [2.24, 2.45) is 12.2 Å². The first-order valence-electron chi connectivity index (χ1n) is 4.62. The standard InChI is InChI=1S/C8H16N4O2S/c1-7(8-3-4-11-12(8)2)10-5-6-15(9,13)14/h3-4,7,10H,5-6H2,1-2H3,(H2,9,13,14). The minimum absolute atomic E-state index is 0.0549. The van der Waals surface area contributed by atoms with Gasteiger partial charge in [-0.05, 0) is 13.0 Å². The smallest absolute Gasteiger partial charge is 0.210 e. The van der Waals surface area contributed by atoms with Crippen molar-refractivity contribution in [1.29, 1.82) is 0 Å². The average Bonchev–Trinajstić information content (AvgIpc) is 2.48. The Labute approximate surface area is 89.5 Å². The third-order valence-corrected chi connectivity index (χ3v) is 2.91. The molecule has 1 atom stereocenters. The van der Waals surface area contributed by atoms with Crippen molar-refractivity contribution in [3.8, 4) is 0 Å². The lowest BCUT2D eigenvalue weighted by atomic mass is 10.2. The molecule has 0 aliphatic heterocycles. The van der Waals surface area contributed by atoms with Crippen LogP contribution in [0.25, 0.3) is 0 Å². The molecule has 1 unspecified atom stereocenters. The molecule has 0 saturated heterocycles. The van der Waals surface area contributed by atoms with Crippen molar-refractivity contribution in [2.45, 2.75) is 13.0 Å². The van der Waals surface area contributed by atoms with Crippen LogP contribution in [0.4, 0.5) is 0 Å². The second-order valence-corrected chi connectivity index (χ2v) is 5.16. The molecule has 0 aliphatic rings. The topological polar surface area (TPSA) is 90.0 Å². The molecule has 15 heavy (non-hydrogen) atoms. The van der Waals surface area contributed by atoms with Crippen LogP contribution in [0.2, 0.25) is 0 Å². The Hall–Kier alpha value is -0.920. The first kappa shape index (κ1) is 12.2. The summed E-state index contributed by atoms with van der Waals surface area (Å²) < 4.78 is 23.1. The average molecular weight is 232 g/mol. The summed E-state index contributed by atoms with van der Waals surface area (Å²) in [7, 11) is -1.54. The molecule has 1 aromatic rings. The highest BCUT2D eigenvalue weighted by Crippen LogP contribution is 2.09. The van der Waals surface area contributed by atoms with E-state index < -0.39 is 10.0 Å². The molecule has 1 rings (SSSR count). The highest BCUT2D eigenvalue weighted by atomic mass is 32.2. The predicted molar refractivity (Wildman–Crippen MR) is 57.6 cm³/mol. The van der Waals surface area contributed by atoms with Gasteiger partial charge in [0.15, 0.2) is 0 Å². The van der Waals surface area contributed by atoms with E-state index in [1.54, 1.807) is 10.9 Å². The third-order valence-electron chi connectivity index (χ3n) is 2.14. The minimum atomic E-state index is -3.38. The van der Waals surface area contributed by atoms with E-state index >= 15 is 0 Å². The minimum Gasteiger partial charge on any atom is -0.308 e. The molecule has 0 fully saturated rings. The lowest BCUT2D eigenvalue weighted by Crippen LogP contribution is -2.29. The van der Waals surface area contributed by atoms with Crippen LogP contribution in [0.15, 0.2) is 12.3 Å². The summed E-state index contributed by atoms with van der Waals surface area (Å²) in [4.78, 5) is 0. The van der Waals surface area contributed by atoms with Crippen LogP contribution in [0.1, 0.15) is 18.7 Å². The summed E-state index contributed by atoms with van der Waals surface area (Å²) >= 11 is 0. The number of aromatic nitrogens is 2. The monoisotopic (exact) mass is 232 g/mol. The van der Waals surface area contributed by atoms with Crippen LogP contribution in [0.5, 0.6) is 0 Å². The molecular weight excluding hydrogens is 216 g/mol. The molecule has 7 heteroatoms. The fraction of sp³-hybridized carbons (Fsp3) is 0.625. The number of nitrogens with two attached hydrogens (primary N) is 1. The number of primary sulfonamides is 1. The number of nitrogens with zero attached hydrogens (tertiary/aromatic N) is 2. The van der Waals surface area contributed by atoms with Crippen LogP contribution in [-0.2, 0) is 17.1 Å². The second kappa shape index (κ2) is 4.73. The SMILES string of the molecule is CC(NCCS(N)(=O)=O)c1ccnn1C. The summed E-state index contributed by atoms with van der Waals surface area (Å²) in [6, 6.07) is 1.94. The van der Waals surface area contributed by atoms with Gasteiger partial charge in [-0.15, -0.1) is 0 Å². The van der Waals surface area contributed by atoms with E-state index in [4.69, 9.17) is 5.14 Å². The molecule has 1 aromatic heterocycles. The van der Waals surface area contributed by atoms with Crippen LogP contribution in [0.3, 0.4) is 0 Å². The number of hydrogen-bond donors (Lipinski definition) is 2. The molecule has 1 heterocycles. The van der Waals surface area contributed by atoms with Gasteiger partial charge in [-0.1, -0.05) is 0 Å². The molecule has 0 radical (unpaired) electrons. The Bertz CT molecular complexity index is 412. The van der Waals surface area contributed by atoms with E-state index in [9.17, 15) is 8.42 Å². The van der Waals surface area contributed by atoms with Crippen molar-refractivity contribution >= 4 is 10.0 Å². The van der Waals surface area contributed by atoms with Gasteiger partial charge in [-0.3, -0.25) is 4.68 Å². The molecule has 0 saturated carbocycles. The molecule has 0 aliphatic carbocycles. The number of rotatable bonds is 5. The maximum Gasteiger partial charge on any atom is 0.210 e. The lowest BCUT2D eigenvalue weighted by molar-refractivity contribution is 0.540. The van der Waals surface area contributed by atoms with Gasteiger partial charge in [0.1, 0.15) is 0 Å². The van der Waals surface area contributed by atoms with Gasteiger partial charge in [-0.2, -0.15) is 5.10 Å². The number of aryl methyl sites for hydroxylation is 1. The van der Waals surface area contributed by atoms with E-state index in [2.05, 4.69) is 10.4 Å². The van der Waals surface area contributed by atoms with E-state index in [0.29, 0.717) is 6.54 Å². The van der Waals surface area contributed by atoms with Crippen molar-refractivity contribution in [3.05, 3.63) is 18.0 Å². The van der Waals surface area contributed by atoms with Crippen LogP contribution < -0.4 is 10.5 Å². The Morgan fingerprint density at radius 2 is 2.33 bits per heavy atom. The molecule has 6 nitrogen and oxygen atoms in total. The summed E-state index contributed by atoms with van der Waals surface area (Å²) in [6.45, 7) is 2.28. The van der Waals surface area contributed by atoms with Crippen molar-refractivity contribution in [3.63, 3.8) is 0 Å². The summed E-state index contributed by atoms with van der Waals surface area (Å²) in [5.74, 6) is -0.0603. The Kier molecular flexibility index (Phi) is 3.83. The van der Waals surface area contributed by atoms with Gasteiger partial charge in [-0.25, -0.2) is 13.6 Å². The van der Waals surface area contributed by atoms with Crippen molar-refractivity contribution < 1.29 is 8.42 Å².